The first-order valence-electron chi connectivity index (χ1n) is 11.9. The number of amides is 3. The fourth-order valence-electron chi connectivity index (χ4n) is 4.48. The van der Waals surface area contributed by atoms with Crippen molar-refractivity contribution in [3.8, 4) is 5.75 Å². The van der Waals surface area contributed by atoms with Gasteiger partial charge in [-0.25, -0.2) is 0 Å². The first-order chi connectivity index (χ1) is 16.9. The molecule has 35 heavy (non-hydrogen) atoms. The zero-order chi connectivity index (χ0) is 24.9. The van der Waals surface area contributed by atoms with E-state index in [0.717, 1.165) is 6.42 Å². The Hall–Kier alpha value is -3.10. The summed E-state index contributed by atoms with van der Waals surface area (Å²) in [5.41, 5.74) is 1.27. The van der Waals surface area contributed by atoms with Crippen molar-refractivity contribution < 1.29 is 23.9 Å². The van der Waals surface area contributed by atoms with Crippen molar-refractivity contribution in [2.45, 2.75) is 50.9 Å². The second-order valence-corrected chi connectivity index (χ2v) is 9.33. The van der Waals surface area contributed by atoms with Gasteiger partial charge in [-0.05, 0) is 55.7 Å². The Balaban J connectivity index is 1.47. The van der Waals surface area contributed by atoms with Gasteiger partial charge in [-0.3, -0.25) is 14.4 Å². The average Bonchev–Trinajstić information content (AvgIpc) is 2.85. The second kappa shape index (κ2) is 11.1. The molecular weight excluding hydrogens is 470 g/mol. The average molecular weight is 500 g/mol. The summed E-state index contributed by atoms with van der Waals surface area (Å²) in [6, 6.07) is 11.5. The molecule has 3 atom stereocenters. The molecule has 2 aliphatic heterocycles. The number of rotatable bonds is 6. The lowest BCUT2D eigenvalue weighted by Gasteiger charge is -2.42. The van der Waals surface area contributed by atoms with Gasteiger partial charge < -0.3 is 25.0 Å². The standard InChI is InChI=1S/C26H30ClN3O5/c1-3-11-28-24(31)14-19-8-9-21-23(35-19)15-34-22-10-7-18(13-20(22)26(33)30(21)2)29-25(32)16-5-4-6-17(27)12-16/h4-7,10,12-13,19,21,23H,3,8-9,11,14-15H2,1-2H3,(H,28,31)(H,29,32)/t19-,21+,23-/m0/s1. The van der Waals surface area contributed by atoms with Crippen LogP contribution in [0.2, 0.25) is 5.02 Å². The van der Waals surface area contributed by atoms with Gasteiger partial charge in [-0.1, -0.05) is 24.6 Å². The van der Waals surface area contributed by atoms with Crippen LogP contribution >= 0.6 is 11.6 Å². The SMILES string of the molecule is CCCNC(=O)C[C@@H]1CC[C@@H]2[C@H](COc3ccc(NC(=O)c4cccc(Cl)c4)cc3C(=O)N2C)O1. The lowest BCUT2D eigenvalue weighted by molar-refractivity contribution is -0.134. The number of nitrogens with one attached hydrogen (secondary N) is 2. The summed E-state index contributed by atoms with van der Waals surface area (Å²) >= 11 is 5.99. The van der Waals surface area contributed by atoms with Crippen LogP contribution in [0.3, 0.4) is 0 Å². The number of ether oxygens (including phenoxy) is 2. The third-order valence-electron chi connectivity index (χ3n) is 6.34. The predicted octanol–water partition coefficient (Wildman–Crippen LogP) is 3.89. The van der Waals surface area contributed by atoms with Crippen LogP contribution in [0, 0.1) is 0 Å². The summed E-state index contributed by atoms with van der Waals surface area (Å²) in [5.74, 6) is -0.136. The van der Waals surface area contributed by atoms with Gasteiger partial charge in [-0.2, -0.15) is 0 Å². The van der Waals surface area contributed by atoms with E-state index in [-0.39, 0.29) is 42.6 Å². The van der Waals surface area contributed by atoms with Crippen molar-refractivity contribution in [1.29, 1.82) is 0 Å². The van der Waals surface area contributed by atoms with E-state index in [1.54, 1.807) is 54.4 Å². The number of halogens is 1. The number of carbonyl (C=O) groups excluding carboxylic acids is 3. The molecule has 2 aromatic carbocycles. The highest BCUT2D eigenvalue weighted by Crippen LogP contribution is 2.32. The van der Waals surface area contributed by atoms with E-state index < -0.39 is 0 Å². The molecule has 0 aliphatic carbocycles. The number of hydrogen-bond donors (Lipinski definition) is 2. The Morgan fingerprint density at radius 2 is 2.00 bits per heavy atom. The van der Waals surface area contributed by atoms with Gasteiger partial charge in [0.2, 0.25) is 5.91 Å². The van der Waals surface area contributed by atoms with Crippen LogP contribution < -0.4 is 15.4 Å². The van der Waals surface area contributed by atoms with Gasteiger partial charge in [0, 0.05) is 29.9 Å². The van der Waals surface area contributed by atoms with Crippen LogP contribution in [0.4, 0.5) is 5.69 Å². The number of likely N-dealkylation sites (N-methyl/N-ethyl adjacent to an activating group) is 1. The van der Waals surface area contributed by atoms with E-state index >= 15 is 0 Å². The van der Waals surface area contributed by atoms with Gasteiger partial charge in [0.05, 0.1) is 24.1 Å². The third kappa shape index (κ3) is 5.94. The van der Waals surface area contributed by atoms with Crippen LogP contribution in [0.25, 0.3) is 0 Å². The number of carbonyl (C=O) groups is 3. The number of anilines is 1. The van der Waals surface area contributed by atoms with Gasteiger partial charge >= 0.3 is 0 Å². The van der Waals surface area contributed by atoms with Crippen molar-refractivity contribution in [3.63, 3.8) is 0 Å². The maximum Gasteiger partial charge on any atom is 0.257 e. The van der Waals surface area contributed by atoms with Crippen molar-refractivity contribution in [3.05, 3.63) is 58.6 Å². The van der Waals surface area contributed by atoms with E-state index in [1.165, 1.54) is 0 Å². The molecule has 2 heterocycles. The summed E-state index contributed by atoms with van der Waals surface area (Å²) in [4.78, 5) is 39.8. The van der Waals surface area contributed by atoms with Gasteiger partial charge in [0.25, 0.3) is 11.8 Å². The fraction of sp³-hybridized carbons (Fsp3) is 0.423. The smallest absolute Gasteiger partial charge is 0.257 e. The maximum atomic E-state index is 13.4. The zero-order valence-electron chi connectivity index (χ0n) is 19.9. The predicted molar refractivity (Wildman–Crippen MR) is 133 cm³/mol. The molecule has 0 saturated carbocycles. The van der Waals surface area contributed by atoms with Crippen molar-refractivity contribution in [1.82, 2.24) is 10.2 Å². The molecule has 0 radical (unpaired) electrons. The Bertz CT molecular complexity index is 1110. The molecule has 2 N–H and O–H groups in total. The minimum Gasteiger partial charge on any atom is -0.490 e. The molecular formula is C26H30ClN3O5. The zero-order valence-corrected chi connectivity index (χ0v) is 20.6. The summed E-state index contributed by atoms with van der Waals surface area (Å²) in [6.07, 6.45) is 2.03. The Morgan fingerprint density at radius 1 is 1.17 bits per heavy atom. The molecule has 186 valence electrons. The summed E-state index contributed by atoms with van der Waals surface area (Å²) in [5, 5.41) is 6.17. The Labute approximate surface area is 209 Å². The van der Waals surface area contributed by atoms with E-state index in [2.05, 4.69) is 10.6 Å². The minimum atomic E-state index is -0.336. The Kier molecular flexibility index (Phi) is 7.93. The van der Waals surface area contributed by atoms with Gasteiger partial charge in [0.1, 0.15) is 18.5 Å². The molecule has 9 heteroatoms. The molecule has 8 nitrogen and oxygen atoms in total. The van der Waals surface area contributed by atoms with Crippen molar-refractivity contribution >= 4 is 35.0 Å². The largest absolute Gasteiger partial charge is 0.490 e. The van der Waals surface area contributed by atoms with Gasteiger partial charge in [0.15, 0.2) is 0 Å². The van der Waals surface area contributed by atoms with E-state index in [1.807, 2.05) is 6.92 Å². The topological polar surface area (TPSA) is 97.0 Å². The second-order valence-electron chi connectivity index (χ2n) is 8.90. The molecule has 0 aromatic heterocycles. The number of benzene rings is 2. The maximum absolute atomic E-state index is 13.4. The molecule has 4 rings (SSSR count). The molecule has 0 unspecified atom stereocenters. The summed E-state index contributed by atoms with van der Waals surface area (Å²) < 4.78 is 12.2. The molecule has 2 aromatic rings. The van der Waals surface area contributed by atoms with Crippen LogP contribution in [0.1, 0.15) is 53.3 Å². The molecule has 0 bridgehead atoms. The first-order valence-corrected chi connectivity index (χ1v) is 12.3. The highest BCUT2D eigenvalue weighted by Gasteiger charge is 2.39. The highest BCUT2D eigenvalue weighted by molar-refractivity contribution is 6.31. The van der Waals surface area contributed by atoms with Crippen LogP contribution in [0.5, 0.6) is 5.75 Å². The van der Waals surface area contributed by atoms with Gasteiger partial charge in [-0.15, -0.1) is 0 Å². The third-order valence-corrected chi connectivity index (χ3v) is 6.58. The number of fused-ring (bicyclic) bond motifs is 2. The van der Waals surface area contributed by atoms with Crippen LogP contribution in [-0.2, 0) is 9.53 Å². The quantitative estimate of drug-likeness (QED) is 0.628. The summed E-state index contributed by atoms with van der Waals surface area (Å²) in [7, 11) is 1.75. The van der Waals surface area contributed by atoms with Crippen LogP contribution in [-0.4, -0.2) is 61.1 Å². The monoisotopic (exact) mass is 499 g/mol. The summed E-state index contributed by atoms with van der Waals surface area (Å²) in [6.45, 7) is 2.92. The molecule has 0 spiro atoms. The fourth-order valence-corrected chi connectivity index (χ4v) is 4.67. The van der Waals surface area contributed by atoms with Crippen LogP contribution in [0.15, 0.2) is 42.5 Å². The molecule has 1 saturated heterocycles. The van der Waals surface area contributed by atoms with Crippen molar-refractivity contribution in [2.75, 3.05) is 25.5 Å². The normalized spacial score (nSPS) is 21.6. The lowest BCUT2D eigenvalue weighted by Crippen LogP contribution is -2.54. The molecule has 2 aliphatic rings. The number of nitrogens with zero attached hydrogens (tertiary/aromatic N) is 1. The molecule has 1 fully saturated rings. The highest BCUT2D eigenvalue weighted by atomic mass is 35.5. The Morgan fingerprint density at radius 3 is 2.77 bits per heavy atom. The van der Waals surface area contributed by atoms with Crippen molar-refractivity contribution in [2.24, 2.45) is 0 Å². The molecule has 3 amide bonds. The minimum absolute atomic E-state index is 0.0239. The van der Waals surface area contributed by atoms with E-state index in [4.69, 9.17) is 21.1 Å². The lowest BCUT2D eigenvalue weighted by atomic mass is 9.94. The first kappa shape index (κ1) is 25.0. The number of hydrogen-bond acceptors (Lipinski definition) is 5. The van der Waals surface area contributed by atoms with E-state index in [9.17, 15) is 14.4 Å². The van der Waals surface area contributed by atoms with E-state index in [0.29, 0.717) is 53.4 Å².